The Morgan fingerprint density at radius 3 is 3.14 bits per heavy atom. The molecule has 2 aromatic heterocycles. The van der Waals surface area contributed by atoms with Crippen LogP contribution in [0, 0.1) is 0 Å². The quantitative estimate of drug-likeness (QED) is 0.699. The highest BCUT2D eigenvalue weighted by Gasteiger charge is 2.07. The van der Waals surface area contributed by atoms with E-state index in [1.54, 1.807) is 0 Å². The Morgan fingerprint density at radius 1 is 1.64 bits per heavy atom. The minimum atomic E-state index is -0.303. The fraction of sp³-hybridized carbons (Fsp3) is 0.375. The molecule has 6 nitrogen and oxygen atoms in total. The molecule has 0 aliphatic carbocycles. The van der Waals surface area contributed by atoms with E-state index in [0.717, 1.165) is 18.5 Å². The molecule has 2 rings (SSSR count). The van der Waals surface area contributed by atoms with Gasteiger partial charge in [0.1, 0.15) is 6.33 Å². The lowest BCUT2D eigenvalue weighted by atomic mass is 10.3. The molecular formula is C8H11N5O. The fourth-order valence-corrected chi connectivity index (χ4v) is 1.37. The molecule has 0 saturated carbocycles. The molecule has 0 amide bonds. The Hall–Kier alpha value is -1.85. The Kier molecular flexibility index (Phi) is 1.95. The van der Waals surface area contributed by atoms with Crippen molar-refractivity contribution in [3.8, 4) is 0 Å². The minimum absolute atomic E-state index is 0.125. The van der Waals surface area contributed by atoms with Gasteiger partial charge in [0, 0.05) is 0 Å². The summed E-state index contributed by atoms with van der Waals surface area (Å²) in [7, 11) is 0. The summed E-state index contributed by atoms with van der Waals surface area (Å²) in [5.74, 6) is 0.125. The number of nitrogen functional groups attached to an aromatic ring is 1. The van der Waals surface area contributed by atoms with Gasteiger partial charge in [0.05, 0.1) is 5.69 Å². The maximum Gasteiger partial charge on any atom is 0.335 e. The first-order valence-corrected chi connectivity index (χ1v) is 4.44. The van der Waals surface area contributed by atoms with Crippen LogP contribution in [-0.4, -0.2) is 19.4 Å². The van der Waals surface area contributed by atoms with E-state index in [1.807, 2.05) is 6.92 Å². The van der Waals surface area contributed by atoms with Crippen LogP contribution in [0.4, 0.5) is 5.95 Å². The van der Waals surface area contributed by atoms with E-state index in [2.05, 4.69) is 15.0 Å². The molecule has 0 aromatic carbocycles. The van der Waals surface area contributed by atoms with Gasteiger partial charge >= 0.3 is 5.69 Å². The lowest BCUT2D eigenvalue weighted by molar-refractivity contribution is 0.894. The number of hydrogen-bond acceptors (Lipinski definition) is 4. The summed E-state index contributed by atoms with van der Waals surface area (Å²) in [6, 6.07) is 0. The predicted molar refractivity (Wildman–Crippen MR) is 52.0 cm³/mol. The summed E-state index contributed by atoms with van der Waals surface area (Å²) >= 11 is 0. The number of aryl methyl sites for hydroxylation is 1. The van der Waals surface area contributed by atoms with E-state index >= 15 is 0 Å². The second kappa shape index (κ2) is 3.13. The van der Waals surface area contributed by atoms with E-state index in [0.29, 0.717) is 5.65 Å². The highest BCUT2D eigenvalue weighted by Crippen LogP contribution is 2.06. The second-order valence-electron chi connectivity index (χ2n) is 3.06. The van der Waals surface area contributed by atoms with Crippen LogP contribution in [0.15, 0.2) is 11.1 Å². The number of rotatable bonds is 2. The van der Waals surface area contributed by atoms with Gasteiger partial charge in [0.2, 0.25) is 5.95 Å². The zero-order valence-corrected chi connectivity index (χ0v) is 7.82. The topological polar surface area (TPSA) is 89.1 Å². The van der Waals surface area contributed by atoms with Crippen LogP contribution >= 0.6 is 0 Å². The van der Waals surface area contributed by atoms with Crippen molar-refractivity contribution in [2.45, 2.75) is 19.8 Å². The number of nitrogens with zero attached hydrogens (tertiary/aromatic N) is 3. The average molecular weight is 193 g/mol. The molecule has 2 aromatic rings. The van der Waals surface area contributed by atoms with E-state index in [-0.39, 0.29) is 11.6 Å². The van der Waals surface area contributed by atoms with Gasteiger partial charge in [-0.25, -0.2) is 14.2 Å². The summed E-state index contributed by atoms with van der Waals surface area (Å²) in [6.45, 7) is 2.04. The van der Waals surface area contributed by atoms with Crippen molar-refractivity contribution in [3.63, 3.8) is 0 Å². The van der Waals surface area contributed by atoms with E-state index in [4.69, 9.17) is 5.73 Å². The predicted octanol–water partition coefficient (Wildman–Crippen LogP) is -0.0477. The Labute approximate surface area is 79.8 Å². The molecule has 0 saturated heterocycles. The Bertz CT molecular complexity index is 512. The SMILES string of the molecule is CCCc1ncn2c(=O)[nH]c(N)nc12. The first-order chi connectivity index (χ1) is 6.72. The molecule has 0 spiro atoms. The number of hydrogen-bond donors (Lipinski definition) is 2. The molecule has 2 heterocycles. The van der Waals surface area contributed by atoms with E-state index < -0.39 is 0 Å². The first kappa shape index (κ1) is 8.74. The standard InChI is InChI=1S/C8H11N5O/c1-2-3-5-6-11-7(9)12-8(14)13(6)4-10-5/h4H,2-3H2,1H3,(H3,9,11,12,14). The van der Waals surface area contributed by atoms with Crippen molar-refractivity contribution in [3.05, 3.63) is 22.5 Å². The number of aromatic nitrogens is 4. The normalized spacial score (nSPS) is 10.9. The number of imidazole rings is 1. The van der Waals surface area contributed by atoms with Gasteiger partial charge in [-0.15, -0.1) is 0 Å². The van der Waals surface area contributed by atoms with Crippen LogP contribution < -0.4 is 11.4 Å². The van der Waals surface area contributed by atoms with Crippen LogP contribution in [-0.2, 0) is 6.42 Å². The molecular weight excluding hydrogens is 182 g/mol. The third-order valence-electron chi connectivity index (χ3n) is 1.98. The van der Waals surface area contributed by atoms with Crippen LogP contribution in [0.5, 0.6) is 0 Å². The van der Waals surface area contributed by atoms with Gasteiger partial charge in [-0.2, -0.15) is 4.98 Å². The summed E-state index contributed by atoms with van der Waals surface area (Å²) in [5.41, 5.74) is 6.50. The summed E-state index contributed by atoms with van der Waals surface area (Å²) in [4.78, 5) is 21.9. The molecule has 6 heteroatoms. The van der Waals surface area contributed by atoms with Crippen LogP contribution in [0.1, 0.15) is 19.0 Å². The van der Waals surface area contributed by atoms with Crippen molar-refractivity contribution < 1.29 is 0 Å². The Morgan fingerprint density at radius 2 is 2.43 bits per heavy atom. The fourth-order valence-electron chi connectivity index (χ4n) is 1.37. The number of H-pyrrole nitrogens is 1. The number of fused-ring (bicyclic) bond motifs is 1. The molecule has 14 heavy (non-hydrogen) atoms. The summed E-state index contributed by atoms with van der Waals surface area (Å²) in [6.07, 6.45) is 3.22. The molecule has 74 valence electrons. The third-order valence-corrected chi connectivity index (χ3v) is 1.98. The molecule has 0 unspecified atom stereocenters. The summed E-state index contributed by atoms with van der Waals surface area (Å²) in [5, 5.41) is 0. The van der Waals surface area contributed by atoms with Crippen molar-refractivity contribution in [1.29, 1.82) is 0 Å². The Balaban J connectivity index is 2.72. The van der Waals surface area contributed by atoms with Gasteiger partial charge < -0.3 is 5.73 Å². The van der Waals surface area contributed by atoms with Gasteiger partial charge in [-0.1, -0.05) is 13.3 Å². The zero-order chi connectivity index (χ0) is 10.1. The number of nitrogens with two attached hydrogens (primary N) is 1. The first-order valence-electron chi connectivity index (χ1n) is 4.44. The third kappa shape index (κ3) is 1.24. The van der Waals surface area contributed by atoms with Crippen molar-refractivity contribution in [1.82, 2.24) is 19.4 Å². The van der Waals surface area contributed by atoms with Gasteiger partial charge in [0.25, 0.3) is 0 Å². The minimum Gasteiger partial charge on any atom is -0.369 e. The van der Waals surface area contributed by atoms with Crippen LogP contribution in [0.2, 0.25) is 0 Å². The lowest BCUT2D eigenvalue weighted by Gasteiger charge is -1.96. The maximum absolute atomic E-state index is 11.4. The van der Waals surface area contributed by atoms with Crippen LogP contribution in [0.3, 0.4) is 0 Å². The largest absolute Gasteiger partial charge is 0.369 e. The van der Waals surface area contributed by atoms with Crippen molar-refractivity contribution >= 4 is 11.6 Å². The molecule has 0 bridgehead atoms. The molecule has 0 aliphatic rings. The monoisotopic (exact) mass is 193 g/mol. The van der Waals surface area contributed by atoms with Gasteiger partial charge in [-0.05, 0) is 6.42 Å². The van der Waals surface area contributed by atoms with Gasteiger partial charge in [-0.3, -0.25) is 4.98 Å². The van der Waals surface area contributed by atoms with Gasteiger partial charge in [0.15, 0.2) is 5.65 Å². The van der Waals surface area contributed by atoms with E-state index in [1.165, 1.54) is 10.7 Å². The smallest absolute Gasteiger partial charge is 0.335 e. The number of nitrogens with one attached hydrogen (secondary N) is 1. The molecule has 0 fully saturated rings. The number of aromatic amines is 1. The second-order valence-corrected chi connectivity index (χ2v) is 3.06. The molecule has 0 radical (unpaired) electrons. The molecule has 0 aliphatic heterocycles. The van der Waals surface area contributed by atoms with Crippen LogP contribution in [0.25, 0.3) is 5.65 Å². The number of anilines is 1. The summed E-state index contributed by atoms with van der Waals surface area (Å²) < 4.78 is 1.36. The lowest BCUT2D eigenvalue weighted by Crippen LogP contribution is -2.18. The molecule has 3 N–H and O–H groups in total. The van der Waals surface area contributed by atoms with E-state index in [9.17, 15) is 4.79 Å². The van der Waals surface area contributed by atoms with Crippen molar-refractivity contribution in [2.24, 2.45) is 0 Å². The highest BCUT2D eigenvalue weighted by molar-refractivity contribution is 5.46. The maximum atomic E-state index is 11.4. The highest BCUT2D eigenvalue weighted by atomic mass is 16.1. The molecule has 0 atom stereocenters. The van der Waals surface area contributed by atoms with Crippen molar-refractivity contribution in [2.75, 3.05) is 5.73 Å². The zero-order valence-electron chi connectivity index (χ0n) is 7.82. The average Bonchev–Trinajstić information content (AvgIpc) is 2.49.